The first-order valence-electron chi connectivity index (χ1n) is 5.21. The summed E-state index contributed by atoms with van der Waals surface area (Å²) in [6.07, 6.45) is 3.67. The van der Waals surface area contributed by atoms with Crippen molar-refractivity contribution >= 4 is 41.1 Å². The van der Waals surface area contributed by atoms with Gasteiger partial charge in [0.2, 0.25) is 0 Å². The number of hydrogen-bond donors (Lipinski definition) is 0. The molecule has 2 rings (SSSR count). The number of halogens is 3. The van der Waals surface area contributed by atoms with Crippen LogP contribution in [0.25, 0.3) is 11.1 Å². The van der Waals surface area contributed by atoms with Crippen molar-refractivity contribution in [2.45, 2.75) is 0 Å². The second-order valence-corrected chi connectivity index (χ2v) is 4.81. The molecule has 0 saturated heterocycles. The number of pyridine rings is 1. The number of benzene rings is 1. The number of nitrogens with zero attached hydrogens (tertiary/aromatic N) is 1. The fourth-order valence-electron chi connectivity index (χ4n) is 1.68. The van der Waals surface area contributed by atoms with Gasteiger partial charge in [0.15, 0.2) is 6.29 Å². The molecule has 0 fully saturated rings. The molecule has 0 saturated carbocycles. The van der Waals surface area contributed by atoms with Crippen LogP contribution >= 0.6 is 34.8 Å². The molecule has 0 aliphatic heterocycles. The molecular formula is C13H8Cl3NO2. The molecule has 0 spiro atoms. The van der Waals surface area contributed by atoms with Gasteiger partial charge in [-0.15, -0.1) is 0 Å². The Bertz CT molecular complexity index is 644. The minimum Gasteiger partial charge on any atom is -0.494 e. The molecule has 0 atom stereocenters. The highest BCUT2D eigenvalue weighted by atomic mass is 35.5. The van der Waals surface area contributed by atoms with Gasteiger partial charge >= 0.3 is 0 Å². The fourth-order valence-corrected chi connectivity index (χ4v) is 2.32. The fraction of sp³-hybridized carbons (Fsp3) is 0.0769. The van der Waals surface area contributed by atoms with Gasteiger partial charge in [-0.3, -0.25) is 9.78 Å². The number of hydrogen-bond acceptors (Lipinski definition) is 3. The van der Waals surface area contributed by atoms with Gasteiger partial charge in [-0.05, 0) is 6.07 Å². The lowest BCUT2D eigenvalue weighted by atomic mass is 10.0. The van der Waals surface area contributed by atoms with Crippen molar-refractivity contribution in [3.8, 4) is 16.9 Å². The predicted octanol–water partition coefficient (Wildman–Crippen LogP) is 4.53. The minimum atomic E-state index is 0.237. The van der Waals surface area contributed by atoms with Crippen LogP contribution < -0.4 is 4.74 Å². The smallest absolute Gasteiger partial charge is 0.154 e. The lowest BCUT2D eigenvalue weighted by Gasteiger charge is -2.11. The van der Waals surface area contributed by atoms with Gasteiger partial charge in [0, 0.05) is 17.3 Å². The van der Waals surface area contributed by atoms with Gasteiger partial charge < -0.3 is 4.74 Å². The first-order chi connectivity index (χ1) is 9.10. The van der Waals surface area contributed by atoms with Crippen LogP contribution in [0.15, 0.2) is 24.5 Å². The van der Waals surface area contributed by atoms with Crippen molar-refractivity contribution in [2.75, 3.05) is 7.11 Å². The summed E-state index contributed by atoms with van der Waals surface area (Å²) < 4.78 is 5.10. The summed E-state index contributed by atoms with van der Waals surface area (Å²) in [6.45, 7) is 0. The molecule has 0 amide bonds. The Balaban J connectivity index is 2.72. The van der Waals surface area contributed by atoms with Gasteiger partial charge in [0.1, 0.15) is 5.75 Å². The van der Waals surface area contributed by atoms with E-state index in [9.17, 15) is 4.79 Å². The number of aromatic nitrogens is 1. The molecule has 2 aromatic rings. The Morgan fingerprint density at radius 3 is 2.47 bits per heavy atom. The molecule has 1 aromatic carbocycles. The molecule has 0 radical (unpaired) electrons. The first-order valence-corrected chi connectivity index (χ1v) is 6.34. The first kappa shape index (κ1) is 14.1. The Morgan fingerprint density at radius 1 is 1.11 bits per heavy atom. The number of carbonyl (C=O) groups excluding carboxylic acids is 1. The number of methoxy groups -OCH3 is 1. The van der Waals surface area contributed by atoms with Gasteiger partial charge in [-0.25, -0.2) is 0 Å². The minimum absolute atomic E-state index is 0.237. The van der Waals surface area contributed by atoms with Crippen LogP contribution in [0.4, 0.5) is 0 Å². The van der Waals surface area contributed by atoms with Crippen molar-refractivity contribution in [1.29, 1.82) is 0 Å². The van der Waals surface area contributed by atoms with Gasteiger partial charge in [-0.1, -0.05) is 40.9 Å². The maximum absolute atomic E-state index is 11.2. The molecule has 0 unspecified atom stereocenters. The predicted molar refractivity (Wildman–Crippen MR) is 76.6 cm³/mol. The largest absolute Gasteiger partial charge is 0.494 e. The average molecular weight is 317 g/mol. The van der Waals surface area contributed by atoms with Crippen molar-refractivity contribution in [3.05, 3.63) is 45.2 Å². The molecule has 0 aliphatic carbocycles. The Labute approximate surface area is 125 Å². The van der Waals surface area contributed by atoms with Crippen LogP contribution in [-0.4, -0.2) is 18.4 Å². The lowest BCUT2D eigenvalue weighted by molar-refractivity contribution is 0.112. The molecule has 0 N–H and O–H groups in total. The zero-order chi connectivity index (χ0) is 14.0. The lowest BCUT2D eigenvalue weighted by Crippen LogP contribution is -1.96. The topological polar surface area (TPSA) is 39.2 Å². The van der Waals surface area contributed by atoms with E-state index in [4.69, 9.17) is 39.5 Å². The number of rotatable bonds is 3. The van der Waals surface area contributed by atoms with E-state index in [0.717, 1.165) is 0 Å². The SMILES string of the molecule is COc1cncc(-c2ccc(Cl)c(Cl)c2Cl)c1C=O. The summed E-state index contributed by atoms with van der Waals surface area (Å²) in [5.41, 5.74) is 1.47. The van der Waals surface area contributed by atoms with Crippen LogP contribution in [0.5, 0.6) is 5.75 Å². The van der Waals surface area contributed by atoms with Crippen molar-refractivity contribution in [3.63, 3.8) is 0 Å². The van der Waals surface area contributed by atoms with Crippen molar-refractivity contribution in [1.82, 2.24) is 4.98 Å². The highest BCUT2D eigenvalue weighted by Gasteiger charge is 2.16. The number of ether oxygens (including phenoxy) is 1. The molecule has 19 heavy (non-hydrogen) atoms. The third-order valence-electron chi connectivity index (χ3n) is 2.61. The molecule has 0 bridgehead atoms. The molecule has 0 aliphatic rings. The summed E-state index contributed by atoms with van der Waals surface area (Å²) >= 11 is 18.0. The van der Waals surface area contributed by atoms with E-state index in [1.807, 2.05) is 0 Å². The average Bonchev–Trinajstić information content (AvgIpc) is 2.44. The summed E-state index contributed by atoms with van der Waals surface area (Å²) in [5, 5.41) is 0.853. The maximum atomic E-state index is 11.2. The summed E-state index contributed by atoms with van der Waals surface area (Å²) in [7, 11) is 1.46. The molecule has 6 heteroatoms. The Hall–Kier alpha value is -1.29. The van der Waals surface area contributed by atoms with E-state index in [-0.39, 0.29) is 10.0 Å². The summed E-state index contributed by atoms with van der Waals surface area (Å²) in [5.74, 6) is 0.370. The second-order valence-electron chi connectivity index (χ2n) is 3.64. The standard InChI is InChI=1S/C13H8Cl3NO2/c1-19-11-5-17-4-8(9(11)6-18)7-2-3-10(14)13(16)12(7)15/h2-6H,1H3. The Kier molecular flexibility index (Phi) is 4.30. The van der Waals surface area contributed by atoms with Crippen molar-refractivity contribution < 1.29 is 9.53 Å². The van der Waals surface area contributed by atoms with Crippen LogP contribution in [-0.2, 0) is 0 Å². The molecule has 3 nitrogen and oxygen atoms in total. The number of aldehydes is 1. The van der Waals surface area contributed by atoms with E-state index in [1.54, 1.807) is 12.1 Å². The Morgan fingerprint density at radius 2 is 1.84 bits per heavy atom. The normalized spacial score (nSPS) is 10.3. The summed E-state index contributed by atoms with van der Waals surface area (Å²) in [6, 6.07) is 3.29. The van der Waals surface area contributed by atoms with Gasteiger partial charge in [0.25, 0.3) is 0 Å². The maximum Gasteiger partial charge on any atom is 0.154 e. The third kappa shape index (κ3) is 2.54. The molecular weight excluding hydrogens is 309 g/mol. The van der Waals surface area contributed by atoms with Crippen LogP contribution in [0.2, 0.25) is 15.1 Å². The van der Waals surface area contributed by atoms with Crippen molar-refractivity contribution in [2.24, 2.45) is 0 Å². The zero-order valence-corrected chi connectivity index (χ0v) is 12.1. The van der Waals surface area contributed by atoms with E-state index >= 15 is 0 Å². The van der Waals surface area contributed by atoms with E-state index < -0.39 is 0 Å². The van der Waals surface area contributed by atoms with Crippen LogP contribution in [0.1, 0.15) is 10.4 Å². The molecule has 98 valence electrons. The molecule has 1 heterocycles. The number of carbonyl (C=O) groups is 1. The second kappa shape index (κ2) is 5.78. The quantitative estimate of drug-likeness (QED) is 0.617. The zero-order valence-electron chi connectivity index (χ0n) is 9.78. The monoisotopic (exact) mass is 315 g/mol. The van der Waals surface area contributed by atoms with E-state index in [2.05, 4.69) is 4.98 Å². The highest BCUT2D eigenvalue weighted by Crippen LogP contribution is 2.39. The third-order valence-corrected chi connectivity index (χ3v) is 3.91. The highest BCUT2D eigenvalue weighted by molar-refractivity contribution is 6.49. The van der Waals surface area contributed by atoms with E-state index in [0.29, 0.717) is 33.7 Å². The summed E-state index contributed by atoms with van der Waals surface area (Å²) in [4.78, 5) is 15.2. The van der Waals surface area contributed by atoms with Gasteiger partial charge in [-0.2, -0.15) is 0 Å². The van der Waals surface area contributed by atoms with Crippen LogP contribution in [0, 0.1) is 0 Å². The molecule has 1 aromatic heterocycles. The van der Waals surface area contributed by atoms with E-state index in [1.165, 1.54) is 19.5 Å². The van der Waals surface area contributed by atoms with Gasteiger partial charge in [0.05, 0.1) is 33.9 Å². The van der Waals surface area contributed by atoms with Crippen LogP contribution in [0.3, 0.4) is 0 Å².